The van der Waals surface area contributed by atoms with Gasteiger partial charge in [0.05, 0.1) is 0 Å². The summed E-state index contributed by atoms with van der Waals surface area (Å²) in [4.78, 5) is 38.4. The summed E-state index contributed by atoms with van der Waals surface area (Å²) in [6.45, 7) is 6.38. The zero-order valence-corrected chi connectivity index (χ0v) is 54.0. The van der Waals surface area contributed by atoms with Crippen LogP contribution in [0.5, 0.6) is 0 Å². The van der Waals surface area contributed by atoms with Gasteiger partial charge < -0.3 is 14.2 Å². The van der Waals surface area contributed by atoms with Crippen LogP contribution in [0.3, 0.4) is 0 Å². The van der Waals surface area contributed by atoms with Crippen LogP contribution in [0.25, 0.3) is 0 Å². The highest BCUT2D eigenvalue weighted by Crippen LogP contribution is 2.18. The Morgan fingerprint density at radius 1 is 0.256 bits per heavy atom. The number of ether oxygens (including phenoxy) is 3. The molecule has 6 heteroatoms. The van der Waals surface area contributed by atoms with Gasteiger partial charge in [0.25, 0.3) is 0 Å². The van der Waals surface area contributed by atoms with Crippen LogP contribution in [-0.4, -0.2) is 37.2 Å². The van der Waals surface area contributed by atoms with Gasteiger partial charge in [-0.3, -0.25) is 14.4 Å². The maximum Gasteiger partial charge on any atom is 0.306 e. The second kappa shape index (κ2) is 69.6. The molecule has 0 N–H and O–H groups in total. The predicted octanol–water partition coefficient (Wildman–Crippen LogP) is 24.2. The van der Waals surface area contributed by atoms with Gasteiger partial charge in [0.2, 0.25) is 0 Å². The van der Waals surface area contributed by atoms with Gasteiger partial charge in [-0.05, 0) is 96.3 Å². The van der Waals surface area contributed by atoms with Crippen molar-refractivity contribution < 1.29 is 28.6 Å². The largest absolute Gasteiger partial charge is 0.462 e. The van der Waals surface area contributed by atoms with Crippen LogP contribution in [-0.2, 0) is 28.6 Å². The lowest BCUT2D eigenvalue weighted by molar-refractivity contribution is -0.167. The van der Waals surface area contributed by atoms with Crippen LogP contribution >= 0.6 is 0 Å². The van der Waals surface area contributed by atoms with E-state index in [4.69, 9.17) is 14.2 Å². The van der Waals surface area contributed by atoms with Crippen molar-refractivity contribution in [2.24, 2.45) is 0 Å². The van der Waals surface area contributed by atoms with Crippen LogP contribution in [0.1, 0.15) is 335 Å². The lowest BCUT2D eigenvalue weighted by Gasteiger charge is -2.18. The zero-order chi connectivity index (χ0) is 59.2. The van der Waals surface area contributed by atoms with Crippen molar-refractivity contribution >= 4 is 17.9 Å². The van der Waals surface area contributed by atoms with E-state index in [1.165, 1.54) is 173 Å². The molecule has 0 aromatic heterocycles. The van der Waals surface area contributed by atoms with Crippen molar-refractivity contribution in [3.05, 3.63) is 109 Å². The Labute approximate surface area is 508 Å². The fraction of sp³-hybridized carbons (Fsp3) is 0.724. The lowest BCUT2D eigenvalue weighted by atomic mass is 10.0. The Kier molecular flexibility index (Phi) is 66.2. The van der Waals surface area contributed by atoms with Gasteiger partial charge in [0, 0.05) is 19.3 Å². The topological polar surface area (TPSA) is 78.9 Å². The lowest BCUT2D eigenvalue weighted by Crippen LogP contribution is -2.30. The molecule has 0 radical (unpaired) electrons. The predicted molar refractivity (Wildman–Crippen MR) is 357 cm³/mol. The van der Waals surface area contributed by atoms with Gasteiger partial charge in [-0.25, -0.2) is 0 Å². The fourth-order valence-electron chi connectivity index (χ4n) is 9.88. The molecule has 0 bridgehead atoms. The molecule has 0 aliphatic heterocycles. The summed E-state index contributed by atoms with van der Waals surface area (Å²) in [6, 6.07) is 0. The van der Waals surface area contributed by atoms with E-state index in [0.717, 1.165) is 116 Å². The van der Waals surface area contributed by atoms with E-state index in [0.29, 0.717) is 19.3 Å². The Balaban J connectivity index is 4.30. The molecule has 0 aromatic carbocycles. The van der Waals surface area contributed by atoms with E-state index < -0.39 is 6.10 Å². The van der Waals surface area contributed by atoms with E-state index in [2.05, 4.69) is 130 Å². The van der Waals surface area contributed by atoms with Crippen LogP contribution in [0.15, 0.2) is 109 Å². The number of carbonyl (C=O) groups excluding carboxylic acids is 3. The summed E-state index contributed by atoms with van der Waals surface area (Å²) in [7, 11) is 0. The number of hydrogen-bond acceptors (Lipinski definition) is 6. The van der Waals surface area contributed by atoms with Crippen molar-refractivity contribution in [1.29, 1.82) is 0 Å². The van der Waals surface area contributed by atoms with Crippen LogP contribution in [0.4, 0.5) is 0 Å². The zero-order valence-electron chi connectivity index (χ0n) is 54.0. The van der Waals surface area contributed by atoms with E-state index in [-0.39, 0.29) is 37.5 Å². The summed E-state index contributed by atoms with van der Waals surface area (Å²) < 4.78 is 16.9. The third kappa shape index (κ3) is 66.9. The fourth-order valence-corrected chi connectivity index (χ4v) is 9.88. The molecule has 0 saturated heterocycles. The minimum Gasteiger partial charge on any atom is -0.462 e. The molecule has 0 aliphatic rings. The van der Waals surface area contributed by atoms with Crippen molar-refractivity contribution in [2.75, 3.05) is 13.2 Å². The minimum atomic E-state index is -0.821. The Morgan fingerprint density at radius 3 is 0.780 bits per heavy atom. The molecule has 470 valence electrons. The maximum atomic E-state index is 12.9. The number of rotatable bonds is 63. The van der Waals surface area contributed by atoms with Crippen molar-refractivity contribution in [2.45, 2.75) is 341 Å². The number of esters is 3. The average Bonchev–Trinajstić information content (AvgIpc) is 3.47. The molecule has 1 unspecified atom stereocenters. The third-order valence-corrected chi connectivity index (χ3v) is 15.0. The molecule has 0 rings (SSSR count). The standard InChI is InChI=1S/C76H130O6/c1-4-7-10-13-16-19-22-25-28-31-32-33-34-35-36-37-38-39-40-41-42-43-46-48-51-54-57-60-63-66-69-75(78)81-72-73(82-76(79)70-67-64-61-58-55-52-49-45-30-27-24-21-18-15-12-9-6-3)71-80-74(77)68-65-62-59-56-53-50-47-44-29-26-23-20-17-14-11-8-5-2/h8-9,11-12,17-18,20-21,26-27,29-30,47,49-50,52,58,61,73H,4-7,10,13-16,19,22-25,28,31-46,48,51,53-57,59-60,62-72H2,1-3H3/b11-8-,12-9-,20-17-,21-18-,29-26-,30-27-,50-47-,52-49-,61-58-. The molecule has 1 atom stereocenters. The van der Waals surface area contributed by atoms with Gasteiger partial charge >= 0.3 is 17.9 Å². The SMILES string of the molecule is CC/C=C\C/C=C\C/C=C\C/C=C\C/C=C\CCCC(=O)OC(COC(=O)CCCCCC/C=C\C/C=C\C/C=C\C/C=C\CC)COC(=O)CCCCCCCCCCCCCCCCCCCCCCCCCCCCCCCC. The van der Waals surface area contributed by atoms with E-state index in [9.17, 15) is 14.4 Å². The van der Waals surface area contributed by atoms with E-state index in [1.54, 1.807) is 0 Å². The van der Waals surface area contributed by atoms with E-state index >= 15 is 0 Å². The number of allylic oxidation sites excluding steroid dienone is 18. The van der Waals surface area contributed by atoms with Crippen LogP contribution in [0.2, 0.25) is 0 Å². The quantitative estimate of drug-likeness (QED) is 0.0261. The van der Waals surface area contributed by atoms with Crippen LogP contribution < -0.4 is 0 Å². The molecule has 0 spiro atoms. The highest BCUT2D eigenvalue weighted by molar-refractivity contribution is 5.71. The minimum absolute atomic E-state index is 0.108. The van der Waals surface area contributed by atoms with Crippen LogP contribution in [0, 0.1) is 0 Å². The van der Waals surface area contributed by atoms with Gasteiger partial charge in [0.1, 0.15) is 13.2 Å². The highest BCUT2D eigenvalue weighted by Gasteiger charge is 2.19. The molecule has 0 saturated carbocycles. The Bertz CT molecular complexity index is 1640. The number of carbonyl (C=O) groups is 3. The van der Waals surface area contributed by atoms with Crippen molar-refractivity contribution in [3.63, 3.8) is 0 Å². The summed E-state index contributed by atoms with van der Waals surface area (Å²) in [6.07, 6.45) is 95.7. The first-order valence-corrected chi connectivity index (χ1v) is 34.9. The number of hydrogen-bond donors (Lipinski definition) is 0. The average molecular weight is 1140 g/mol. The van der Waals surface area contributed by atoms with Crippen molar-refractivity contribution in [3.8, 4) is 0 Å². The van der Waals surface area contributed by atoms with E-state index in [1.807, 2.05) is 0 Å². The molecule has 0 amide bonds. The molecule has 0 aliphatic carbocycles. The Hall–Kier alpha value is -3.93. The third-order valence-electron chi connectivity index (χ3n) is 15.0. The Morgan fingerprint density at radius 2 is 0.488 bits per heavy atom. The summed E-state index contributed by atoms with van der Waals surface area (Å²) >= 11 is 0. The first-order chi connectivity index (χ1) is 40.5. The maximum absolute atomic E-state index is 12.9. The second-order valence-corrected chi connectivity index (χ2v) is 23.0. The van der Waals surface area contributed by atoms with Gasteiger partial charge in [-0.15, -0.1) is 0 Å². The first kappa shape index (κ1) is 78.1. The smallest absolute Gasteiger partial charge is 0.306 e. The second-order valence-electron chi connectivity index (χ2n) is 23.0. The monoisotopic (exact) mass is 1140 g/mol. The van der Waals surface area contributed by atoms with Gasteiger partial charge in [-0.2, -0.15) is 0 Å². The molecule has 82 heavy (non-hydrogen) atoms. The van der Waals surface area contributed by atoms with Crippen molar-refractivity contribution in [1.82, 2.24) is 0 Å². The summed E-state index contributed by atoms with van der Waals surface area (Å²) in [5, 5.41) is 0. The molecule has 0 heterocycles. The molecule has 6 nitrogen and oxygen atoms in total. The summed E-state index contributed by atoms with van der Waals surface area (Å²) in [5.74, 6) is -0.981. The molecular formula is C76H130O6. The summed E-state index contributed by atoms with van der Waals surface area (Å²) in [5.41, 5.74) is 0. The normalized spacial score (nSPS) is 12.8. The molecule has 0 aromatic rings. The molecule has 0 fully saturated rings. The number of unbranched alkanes of at least 4 members (excludes halogenated alkanes) is 34. The van der Waals surface area contributed by atoms with Gasteiger partial charge in [-0.1, -0.05) is 329 Å². The molecular weight excluding hydrogens is 1010 g/mol. The van der Waals surface area contributed by atoms with Gasteiger partial charge in [0.15, 0.2) is 6.10 Å². The first-order valence-electron chi connectivity index (χ1n) is 34.9. The highest BCUT2D eigenvalue weighted by atomic mass is 16.6.